The number of rotatable bonds is 5. The average Bonchev–Trinajstić information content (AvgIpc) is 2.32. The molecule has 0 aliphatic heterocycles. The van der Waals surface area contributed by atoms with E-state index in [1.54, 1.807) is 19.1 Å². The van der Waals surface area contributed by atoms with Crippen molar-refractivity contribution in [3.63, 3.8) is 0 Å². The van der Waals surface area contributed by atoms with Crippen molar-refractivity contribution in [1.29, 1.82) is 0 Å². The van der Waals surface area contributed by atoms with Gasteiger partial charge >= 0.3 is 5.97 Å². The van der Waals surface area contributed by atoms with Gasteiger partial charge in [0.05, 0.1) is 6.10 Å². The van der Waals surface area contributed by atoms with Crippen LogP contribution in [-0.2, 0) is 20.9 Å². The number of halogens is 2. The molecule has 0 saturated carbocycles. The minimum Gasteiger partial charge on any atom is -0.460 e. The molecule has 0 bridgehead atoms. The van der Waals surface area contributed by atoms with Crippen molar-refractivity contribution in [2.24, 2.45) is 5.73 Å². The normalized spacial score (nSPS) is 14.1. The monoisotopic (exact) mass is 292 g/mol. The lowest BCUT2D eigenvalue weighted by molar-refractivity contribution is -0.149. The molecule has 0 saturated heterocycles. The van der Waals surface area contributed by atoms with E-state index in [1.165, 1.54) is 7.11 Å². The molecule has 1 heterocycles. The topological polar surface area (TPSA) is 74.4 Å². The summed E-state index contributed by atoms with van der Waals surface area (Å²) in [6.45, 7) is 1.72. The van der Waals surface area contributed by atoms with E-state index in [2.05, 4.69) is 4.98 Å². The van der Waals surface area contributed by atoms with Gasteiger partial charge < -0.3 is 15.2 Å². The van der Waals surface area contributed by atoms with Crippen LogP contribution in [0.5, 0.6) is 0 Å². The molecule has 1 aromatic heterocycles. The minimum atomic E-state index is -0.831. The van der Waals surface area contributed by atoms with Crippen molar-refractivity contribution < 1.29 is 14.3 Å². The highest BCUT2D eigenvalue weighted by atomic mass is 35.5. The first-order valence-electron chi connectivity index (χ1n) is 5.21. The van der Waals surface area contributed by atoms with Crippen LogP contribution in [-0.4, -0.2) is 30.2 Å². The van der Waals surface area contributed by atoms with Gasteiger partial charge in [-0.3, -0.25) is 4.79 Å². The molecule has 0 radical (unpaired) electrons. The molecule has 0 aromatic carbocycles. The Kier molecular flexibility index (Phi) is 5.81. The maximum absolute atomic E-state index is 11.6. The molecule has 5 nitrogen and oxygen atoms in total. The number of hydrogen-bond acceptors (Lipinski definition) is 5. The summed E-state index contributed by atoms with van der Waals surface area (Å²) in [5.41, 5.74) is 6.28. The highest BCUT2D eigenvalue weighted by molar-refractivity contribution is 6.32. The van der Waals surface area contributed by atoms with Gasteiger partial charge in [0.15, 0.2) is 0 Å². The van der Waals surface area contributed by atoms with Crippen molar-refractivity contribution in [1.82, 2.24) is 4.98 Å². The van der Waals surface area contributed by atoms with Crippen molar-refractivity contribution in [3.8, 4) is 0 Å². The number of pyridine rings is 1. The molecule has 100 valence electrons. The lowest BCUT2D eigenvalue weighted by Crippen LogP contribution is -2.42. The Labute approximate surface area is 115 Å². The molecule has 1 rings (SSSR count). The first-order valence-corrected chi connectivity index (χ1v) is 5.96. The van der Waals surface area contributed by atoms with Crippen LogP contribution in [0.2, 0.25) is 10.3 Å². The summed E-state index contributed by atoms with van der Waals surface area (Å²) in [4.78, 5) is 15.4. The second-order valence-corrected chi connectivity index (χ2v) is 4.47. The number of carbonyl (C=O) groups is 1. The molecular weight excluding hydrogens is 279 g/mol. The lowest BCUT2D eigenvalue weighted by atomic mass is 10.2. The molecule has 2 atom stereocenters. The highest BCUT2D eigenvalue weighted by Crippen LogP contribution is 2.15. The van der Waals surface area contributed by atoms with Crippen LogP contribution in [0.3, 0.4) is 0 Å². The molecule has 0 aliphatic carbocycles. The molecule has 1 aromatic rings. The zero-order valence-electron chi connectivity index (χ0n) is 10.0. The van der Waals surface area contributed by atoms with Crippen LogP contribution in [0.1, 0.15) is 12.5 Å². The summed E-state index contributed by atoms with van der Waals surface area (Å²) in [6, 6.07) is 2.29. The largest absolute Gasteiger partial charge is 0.460 e. The summed E-state index contributed by atoms with van der Waals surface area (Å²) in [7, 11) is 1.47. The van der Waals surface area contributed by atoms with Gasteiger partial charge in [0.2, 0.25) is 0 Å². The number of methoxy groups -OCH3 is 1. The SMILES string of the molecule is CO[C@H](C)[C@H](N)C(=O)OCc1cc(Cl)nc(Cl)c1. The van der Waals surface area contributed by atoms with Gasteiger partial charge in [-0.1, -0.05) is 23.2 Å². The molecule has 0 fully saturated rings. The number of carbonyl (C=O) groups excluding carboxylic acids is 1. The fourth-order valence-corrected chi connectivity index (χ4v) is 1.69. The van der Waals surface area contributed by atoms with Gasteiger partial charge in [0.25, 0.3) is 0 Å². The summed E-state index contributed by atoms with van der Waals surface area (Å²) < 4.78 is 9.98. The fraction of sp³-hybridized carbons (Fsp3) is 0.455. The smallest absolute Gasteiger partial charge is 0.325 e. The van der Waals surface area contributed by atoms with Crippen molar-refractivity contribution >= 4 is 29.2 Å². The van der Waals surface area contributed by atoms with Gasteiger partial charge in [-0.2, -0.15) is 0 Å². The van der Waals surface area contributed by atoms with Gasteiger partial charge in [-0.05, 0) is 24.6 Å². The minimum absolute atomic E-state index is 0.0327. The zero-order chi connectivity index (χ0) is 13.7. The highest BCUT2D eigenvalue weighted by Gasteiger charge is 2.22. The van der Waals surface area contributed by atoms with E-state index < -0.39 is 18.1 Å². The van der Waals surface area contributed by atoms with Crippen LogP contribution in [0.25, 0.3) is 0 Å². The third-order valence-electron chi connectivity index (χ3n) is 2.35. The van der Waals surface area contributed by atoms with Crippen molar-refractivity contribution in [2.75, 3.05) is 7.11 Å². The van der Waals surface area contributed by atoms with Gasteiger partial charge in [-0.15, -0.1) is 0 Å². The van der Waals surface area contributed by atoms with Gasteiger partial charge in [0, 0.05) is 7.11 Å². The summed E-state index contributed by atoms with van der Waals surface area (Å²) in [6.07, 6.45) is -0.415. The van der Waals surface area contributed by atoms with Crippen LogP contribution < -0.4 is 5.73 Å². The van der Waals surface area contributed by atoms with E-state index in [-0.39, 0.29) is 16.9 Å². The summed E-state index contributed by atoms with van der Waals surface area (Å²) in [5, 5.41) is 0.478. The van der Waals surface area contributed by atoms with Crippen molar-refractivity contribution in [3.05, 3.63) is 28.0 Å². The van der Waals surface area contributed by atoms with Crippen LogP contribution in [0.15, 0.2) is 12.1 Å². The molecular formula is C11H14Cl2N2O3. The number of nitrogens with zero attached hydrogens (tertiary/aromatic N) is 1. The van der Waals surface area contributed by atoms with Crippen LogP contribution in [0.4, 0.5) is 0 Å². The quantitative estimate of drug-likeness (QED) is 0.662. The van der Waals surface area contributed by atoms with E-state index in [0.717, 1.165) is 0 Å². The van der Waals surface area contributed by atoms with Crippen LogP contribution in [0, 0.1) is 0 Å². The molecule has 0 amide bonds. The maximum atomic E-state index is 11.6. The first kappa shape index (κ1) is 15.2. The molecule has 18 heavy (non-hydrogen) atoms. The average molecular weight is 293 g/mol. The van der Waals surface area contributed by atoms with E-state index >= 15 is 0 Å². The van der Waals surface area contributed by atoms with Crippen molar-refractivity contribution in [2.45, 2.75) is 25.7 Å². The Bertz CT molecular complexity index is 408. The predicted octanol–water partition coefficient (Wildman–Crippen LogP) is 1.79. The van der Waals surface area contributed by atoms with E-state index in [9.17, 15) is 4.79 Å². The number of nitrogens with two attached hydrogens (primary N) is 1. The standard InChI is InChI=1S/C11H14Cl2N2O3/c1-6(17-2)10(14)11(16)18-5-7-3-8(12)15-9(13)4-7/h3-4,6,10H,5,14H2,1-2H3/t6-,10+/m1/s1. The molecule has 0 spiro atoms. The Morgan fingerprint density at radius 1 is 1.44 bits per heavy atom. The first-order chi connectivity index (χ1) is 8.43. The van der Waals surface area contributed by atoms with E-state index in [0.29, 0.717) is 5.56 Å². The zero-order valence-corrected chi connectivity index (χ0v) is 11.5. The number of hydrogen-bond donors (Lipinski definition) is 1. The summed E-state index contributed by atoms with van der Waals surface area (Å²) in [5.74, 6) is -0.548. The second-order valence-electron chi connectivity index (χ2n) is 3.70. The summed E-state index contributed by atoms with van der Waals surface area (Å²) >= 11 is 11.4. The molecule has 0 unspecified atom stereocenters. The Morgan fingerprint density at radius 3 is 2.50 bits per heavy atom. The Hall–Kier alpha value is -0.880. The Morgan fingerprint density at radius 2 is 2.00 bits per heavy atom. The lowest BCUT2D eigenvalue weighted by Gasteiger charge is -2.17. The molecule has 0 aliphatic rings. The van der Waals surface area contributed by atoms with Gasteiger partial charge in [-0.25, -0.2) is 4.98 Å². The maximum Gasteiger partial charge on any atom is 0.325 e. The predicted molar refractivity (Wildman–Crippen MR) is 68.5 cm³/mol. The third kappa shape index (κ3) is 4.42. The number of esters is 1. The second kappa shape index (κ2) is 6.89. The molecule has 2 N–H and O–H groups in total. The van der Waals surface area contributed by atoms with E-state index in [4.69, 9.17) is 38.4 Å². The molecule has 7 heteroatoms. The number of aromatic nitrogens is 1. The van der Waals surface area contributed by atoms with Gasteiger partial charge in [0.1, 0.15) is 23.0 Å². The van der Waals surface area contributed by atoms with E-state index in [1.807, 2.05) is 0 Å². The van der Waals surface area contributed by atoms with Crippen LogP contribution >= 0.6 is 23.2 Å². The Balaban J connectivity index is 2.57. The fourth-order valence-electron chi connectivity index (χ4n) is 1.19. The number of ether oxygens (including phenoxy) is 2. The third-order valence-corrected chi connectivity index (χ3v) is 2.74.